The Morgan fingerprint density at radius 2 is 2.14 bits per heavy atom. The van der Waals surface area contributed by atoms with Gasteiger partial charge < -0.3 is 10.6 Å². The highest BCUT2D eigenvalue weighted by Crippen LogP contribution is 2.17. The molecule has 1 aromatic rings. The maximum Gasteiger partial charge on any atom is 0.239 e. The van der Waals surface area contributed by atoms with Gasteiger partial charge >= 0.3 is 0 Å². The van der Waals surface area contributed by atoms with Crippen LogP contribution >= 0.6 is 0 Å². The Bertz CT molecular complexity index is 449. The summed E-state index contributed by atoms with van der Waals surface area (Å²) in [5.74, 6) is 0.0433. The van der Waals surface area contributed by atoms with Gasteiger partial charge in [-0.1, -0.05) is 37.3 Å². The molecule has 4 heteroatoms. The second kappa shape index (κ2) is 7.57. The molecule has 2 rings (SSSR count). The molecule has 1 amide bonds. The molecule has 0 spiro atoms. The summed E-state index contributed by atoms with van der Waals surface area (Å²) in [4.78, 5) is 16.7. The lowest BCUT2D eigenvalue weighted by atomic mass is 10.1. The van der Waals surface area contributed by atoms with Crippen molar-refractivity contribution in [3.05, 3.63) is 35.9 Å². The maximum absolute atomic E-state index is 12.4. The van der Waals surface area contributed by atoms with E-state index in [1.165, 1.54) is 12.8 Å². The molecule has 4 nitrogen and oxygen atoms in total. The van der Waals surface area contributed by atoms with Gasteiger partial charge in [-0.05, 0) is 37.9 Å². The molecular formula is C17H27N3O. The lowest BCUT2D eigenvalue weighted by Crippen LogP contribution is -2.47. The highest BCUT2D eigenvalue weighted by Gasteiger charge is 2.27. The molecule has 1 saturated heterocycles. The zero-order valence-electron chi connectivity index (χ0n) is 13.2. The fourth-order valence-electron chi connectivity index (χ4n) is 3.16. The average Bonchev–Trinajstić information content (AvgIpc) is 2.94. The van der Waals surface area contributed by atoms with Crippen LogP contribution in [-0.2, 0) is 11.2 Å². The standard InChI is InChI=1S/C17H27N3O/c1-3-20-11-7-10-15(20)13-19(2)17(21)16(18)12-14-8-5-4-6-9-14/h4-6,8-9,15-16H,3,7,10-13,18H2,1-2H3/t15?,16-/m0/s1. The first kappa shape index (κ1) is 16.0. The van der Waals surface area contributed by atoms with Crippen molar-refractivity contribution in [1.29, 1.82) is 0 Å². The summed E-state index contributed by atoms with van der Waals surface area (Å²) in [5.41, 5.74) is 7.20. The Kier molecular flexibility index (Phi) is 5.76. The smallest absolute Gasteiger partial charge is 0.239 e. The highest BCUT2D eigenvalue weighted by atomic mass is 16.2. The van der Waals surface area contributed by atoms with Crippen molar-refractivity contribution in [3.8, 4) is 0 Å². The van der Waals surface area contributed by atoms with Crippen molar-refractivity contribution in [2.45, 2.75) is 38.3 Å². The van der Waals surface area contributed by atoms with Gasteiger partial charge in [-0.2, -0.15) is 0 Å². The summed E-state index contributed by atoms with van der Waals surface area (Å²) in [7, 11) is 1.87. The van der Waals surface area contributed by atoms with Crippen LogP contribution in [0.1, 0.15) is 25.3 Å². The molecule has 0 saturated carbocycles. The van der Waals surface area contributed by atoms with E-state index in [2.05, 4.69) is 11.8 Å². The van der Waals surface area contributed by atoms with E-state index in [0.717, 1.165) is 25.2 Å². The van der Waals surface area contributed by atoms with E-state index in [4.69, 9.17) is 5.73 Å². The van der Waals surface area contributed by atoms with Crippen LogP contribution < -0.4 is 5.73 Å². The van der Waals surface area contributed by atoms with Gasteiger partial charge in [0.2, 0.25) is 5.91 Å². The van der Waals surface area contributed by atoms with Gasteiger partial charge in [0.15, 0.2) is 0 Å². The van der Waals surface area contributed by atoms with Crippen LogP contribution in [0.4, 0.5) is 0 Å². The summed E-state index contributed by atoms with van der Waals surface area (Å²) >= 11 is 0. The van der Waals surface area contributed by atoms with Crippen molar-refractivity contribution < 1.29 is 4.79 Å². The summed E-state index contributed by atoms with van der Waals surface area (Å²) in [6.07, 6.45) is 3.02. The number of benzene rings is 1. The number of rotatable bonds is 6. The third-order valence-electron chi connectivity index (χ3n) is 4.38. The third kappa shape index (κ3) is 4.29. The first-order valence-corrected chi connectivity index (χ1v) is 7.90. The lowest BCUT2D eigenvalue weighted by Gasteiger charge is -2.29. The van der Waals surface area contributed by atoms with Crippen LogP contribution in [0, 0.1) is 0 Å². The molecule has 2 N–H and O–H groups in total. The molecule has 116 valence electrons. The Morgan fingerprint density at radius 3 is 2.81 bits per heavy atom. The minimum atomic E-state index is -0.450. The number of nitrogens with zero attached hydrogens (tertiary/aromatic N) is 2. The molecule has 1 aliphatic heterocycles. The second-order valence-corrected chi connectivity index (χ2v) is 5.94. The molecule has 1 heterocycles. The normalized spacial score (nSPS) is 20.4. The molecule has 1 unspecified atom stereocenters. The lowest BCUT2D eigenvalue weighted by molar-refractivity contribution is -0.131. The Morgan fingerprint density at radius 1 is 1.43 bits per heavy atom. The van der Waals surface area contributed by atoms with Gasteiger partial charge in [0.05, 0.1) is 6.04 Å². The first-order valence-electron chi connectivity index (χ1n) is 7.90. The van der Waals surface area contributed by atoms with Crippen molar-refractivity contribution in [1.82, 2.24) is 9.80 Å². The van der Waals surface area contributed by atoms with Gasteiger partial charge in [0.25, 0.3) is 0 Å². The molecule has 0 bridgehead atoms. The van der Waals surface area contributed by atoms with Gasteiger partial charge in [0.1, 0.15) is 0 Å². The van der Waals surface area contributed by atoms with Gasteiger partial charge in [-0.3, -0.25) is 9.69 Å². The van der Waals surface area contributed by atoms with E-state index in [1.807, 2.05) is 42.3 Å². The van der Waals surface area contributed by atoms with E-state index in [-0.39, 0.29) is 5.91 Å². The Balaban J connectivity index is 1.86. The zero-order chi connectivity index (χ0) is 15.2. The Labute approximate surface area is 127 Å². The number of hydrogen-bond acceptors (Lipinski definition) is 3. The van der Waals surface area contributed by atoms with Crippen molar-refractivity contribution in [3.63, 3.8) is 0 Å². The van der Waals surface area contributed by atoms with Crippen LogP contribution in [0.15, 0.2) is 30.3 Å². The second-order valence-electron chi connectivity index (χ2n) is 5.94. The SMILES string of the molecule is CCN1CCCC1CN(C)C(=O)[C@@H](N)Cc1ccccc1. The van der Waals surface area contributed by atoms with Crippen molar-refractivity contribution >= 4 is 5.91 Å². The van der Waals surface area contributed by atoms with Crippen LogP contribution in [0.3, 0.4) is 0 Å². The average molecular weight is 289 g/mol. The minimum Gasteiger partial charge on any atom is -0.343 e. The van der Waals surface area contributed by atoms with E-state index in [0.29, 0.717) is 12.5 Å². The molecule has 0 aliphatic carbocycles. The minimum absolute atomic E-state index is 0.0433. The summed E-state index contributed by atoms with van der Waals surface area (Å²) < 4.78 is 0. The number of likely N-dealkylation sites (tertiary alicyclic amines) is 1. The van der Waals surface area contributed by atoms with Gasteiger partial charge in [0, 0.05) is 19.6 Å². The molecule has 0 aromatic heterocycles. The van der Waals surface area contributed by atoms with Crippen LogP contribution in [0.2, 0.25) is 0 Å². The largest absolute Gasteiger partial charge is 0.343 e. The van der Waals surface area contributed by atoms with Gasteiger partial charge in [-0.15, -0.1) is 0 Å². The molecule has 1 aromatic carbocycles. The van der Waals surface area contributed by atoms with Crippen molar-refractivity contribution in [2.24, 2.45) is 5.73 Å². The molecule has 0 radical (unpaired) electrons. The Hall–Kier alpha value is -1.39. The van der Waals surface area contributed by atoms with Crippen molar-refractivity contribution in [2.75, 3.05) is 26.7 Å². The van der Waals surface area contributed by atoms with Gasteiger partial charge in [-0.25, -0.2) is 0 Å². The number of likely N-dealkylation sites (N-methyl/N-ethyl adjacent to an activating group) is 2. The quantitative estimate of drug-likeness (QED) is 0.863. The summed E-state index contributed by atoms with van der Waals surface area (Å²) in [5, 5.41) is 0. The number of hydrogen-bond donors (Lipinski definition) is 1. The summed E-state index contributed by atoms with van der Waals surface area (Å²) in [6.45, 7) is 5.18. The number of carbonyl (C=O) groups excluding carboxylic acids is 1. The zero-order valence-corrected chi connectivity index (χ0v) is 13.2. The topological polar surface area (TPSA) is 49.6 Å². The number of carbonyl (C=O) groups is 1. The molecule has 21 heavy (non-hydrogen) atoms. The van der Waals surface area contributed by atoms with E-state index in [1.54, 1.807) is 0 Å². The van der Waals surface area contributed by atoms with Crippen LogP contribution in [-0.4, -0.2) is 54.5 Å². The maximum atomic E-state index is 12.4. The first-order chi connectivity index (χ1) is 10.1. The number of nitrogens with two attached hydrogens (primary N) is 1. The number of amides is 1. The predicted molar refractivity (Wildman–Crippen MR) is 86.0 cm³/mol. The predicted octanol–water partition coefficient (Wildman–Crippen LogP) is 1.50. The van der Waals surface area contributed by atoms with Crippen LogP contribution in [0.25, 0.3) is 0 Å². The highest BCUT2D eigenvalue weighted by molar-refractivity contribution is 5.81. The van der Waals surface area contributed by atoms with Crippen LogP contribution in [0.5, 0.6) is 0 Å². The van der Waals surface area contributed by atoms with E-state index < -0.39 is 6.04 Å². The summed E-state index contributed by atoms with van der Waals surface area (Å²) in [6, 6.07) is 10.0. The molecule has 1 fully saturated rings. The monoisotopic (exact) mass is 289 g/mol. The molecular weight excluding hydrogens is 262 g/mol. The molecule has 2 atom stereocenters. The van der Waals surface area contributed by atoms with E-state index in [9.17, 15) is 4.79 Å². The van der Waals surface area contributed by atoms with E-state index >= 15 is 0 Å². The third-order valence-corrected chi connectivity index (χ3v) is 4.38. The fourth-order valence-corrected chi connectivity index (χ4v) is 3.16. The fraction of sp³-hybridized carbons (Fsp3) is 0.588. The molecule has 1 aliphatic rings.